The van der Waals surface area contributed by atoms with E-state index in [1.165, 1.54) is 24.3 Å². The average Bonchev–Trinajstić information content (AvgIpc) is 3.24. The molecule has 0 fully saturated rings. The second-order valence-corrected chi connectivity index (χ2v) is 12.7. The van der Waals surface area contributed by atoms with E-state index in [4.69, 9.17) is 0 Å². The van der Waals surface area contributed by atoms with Crippen LogP contribution in [0.4, 0.5) is 22.7 Å². The van der Waals surface area contributed by atoms with Crippen LogP contribution in [0.5, 0.6) is 11.5 Å². The van der Waals surface area contributed by atoms with E-state index < -0.39 is 9.85 Å². The van der Waals surface area contributed by atoms with Crippen molar-refractivity contribution in [1.29, 1.82) is 0 Å². The summed E-state index contributed by atoms with van der Waals surface area (Å²) in [6.45, 7) is 0. The van der Waals surface area contributed by atoms with Gasteiger partial charge in [-0.15, -0.1) is 0 Å². The number of nitro benzene ring substituents is 2. The van der Waals surface area contributed by atoms with Gasteiger partial charge in [-0.2, -0.15) is 0 Å². The summed E-state index contributed by atoms with van der Waals surface area (Å²) in [6.07, 6.45) is 3.29. The molecule has 8 rings (SSSR count). The summed E-state index contributed by atoms with van der Waals surface area (Å²) in [5, 5.41) is 52.0. The van der Waals surface area contributed by atoms with Gasteiger partial charge < -0.3 is 20.8 Å². The number of pyridine rings is 2. The number of aromatic hydroxyl groups is 2. The molecule has 0 bridgehead atoms. The Hall–Kier alpha value is -7.34. The molecular weight excluding hydrogens is 772 g/mol. The van der Waals surface area contributed by atoms with Crippen molar-refractivity contribution in [2.24, 2.45) is 0 Å². The summed E-state index contributed by atoms with van der Waals surface area (Å²) in [5.41, 5.74) is 5.79. The molecule has 8 aromatic rings. The van der Waals surface area contributed by atoms with Gasteiger partial charge in [-0.05, 0) is 47.5 Å². The van der Waals surface area contributed by atoms with E-state index >= 15 is 0 Å². The Morgan fingerprint density at radius 3 is 1.19 bits per heavy atom. The van der Waals surface area contributed by atoms with E-state index in [0.717, 1.165) is 21.9 Å². The van der Waals surface area contributed by atoms with Crippen LogP contribution in [0, 0.1) is 20.2 Å². The summed E-state index contributed by atoms with van der Waals surface area (Å²) in [5.74, 6) is 0.225. The van der Waals surface area contributed by atoms with Gasteiger partial charge in [0.05, 0.1) is 21.9 Å². The Labute approximate surface area is 337 Å². The number of nitro groups is 2. The van der Waals surface area contributed by atoms with Crippen LogP contribution >= 0.6 is 0 Å². The number of hydrogen-bond donors (Lipinski definition) is 4. The minimum atomic E-state index is -0.431. The molecule has 0 aliphatic carbocycles. The van der Waals surface area contributed by atoms with Crippen molar-refractivity contribution in [1.82, 2.24) is 9.97 Å². The van der Waals surface area contributed by atoms with Crippen LogP contribution in [0.25, 0.3) is 21.8 Å². The number of anilines is 2. The Balaban J connectivity index is 0.000000189. The molecule has 6 aromatic carbocycles. The van der Waals surface area contributed by atoms with Crippen molar-refractivity contribution >= 4 is 44.6 Å². The fourth-order valence-electron chi connectivity index (χ4n) is 6.42. The van der Waals surface area contributed by atoms with Crippen LogP contribution in [0.3, 0.4) is 0 Å². The second-order valence-electron chi connectivity index (χ2n) is 12.7. The molecule has 0 saturated heterocycles. The standard InChI is InChI=1S/2C22H17N3O3.Cu/c2*26-22-19(13-8-16-7-4-14-23-21(16)22)20(15-5-2-1-3-6-15)24-17-9-11-18(12-10-17)25(27)28;/h2*1-14,20,24,26H;. The maximum Gasteiger partial charge on any atom is 0.269 e. The molecule has 4 N–H and O–H groups in total. The number of aromatic nitrogens is 2. The van der Waals surface area contributed by atoms with Gasteiger partial charge in [0.25, 0.3) is 11.4 Å². The average molecular weight is 806 g/mol. The van der Waals surface area contributed by atoms with Crippen molar-refractivity contribution in [2.75, 3.05) is 10.6 Å². The molecule has 2 aromatic heterocycles. The third kappa shape index (κ3) is 8.97. The first-order valence-electron chi connectivity index (χ1n) is 17.5. The van der Waals surface area contributed by atoms with Crippen LogP contribution in [0.15, 0.2) is 170 Å². The SMILES string of the molecule is O=[N+]([O-])c1ccc(NC(c2ccccc2)c2ccc3cccnc3c2O)cc1.O=[N+]([O-])c1ccc(NC(c2ccccc2)c2ccc3cccnc3c2O)cc1.[Cu]. The second kappa shape index (κ2) is 17.9. The third-order valence-electron chi connectivity index (χ3n) is 9.22. The summed E-state index contributed by atoms with van der Waals surface area (Å²) in [7, 11) is 0. The van der Waals surface area contributed by atoms with Crippen molar-refractivity contribution in [3.63, 3.8) is 0 Å². The minimum absolute atomic E-state index is 0. The largest absolute Gasteiger partial charge is 0.505 e. The van der Waals surface area contributed by atoms with Gasteiger partial charge in [-0.3, -0.25) is 30.2 Å². The fraction of sp³-hybridized carbons (Fsp3) is 0.0455. The summed E-state index contributed by atoms with van der Waals surface area (Å²) in [6, 6.07) is 46.2. The first-order chi connectivity index (χ1) is 27.3. The van der Waals surface area contributed by atoms with Crippen molar-refractivity contribution in [3.05, 3.63) is 213 Å². The molecule has 287 valence electrons. The Morgan fingerprint density at radius 1 is 0.474 bits per heavy atom. The molecule has 0 amide bonds. The zero-order chi connectivity index (χ0) is 39.0. The Bertz CT molecular complexity index is 2450. The maximum atomic E-state index is 10.9. The van der Waals surface area contributed by atoms with Gasteiger partial charge in [0.15, 0.2) is 0 Å². The number of non-ortho nitro benzene ring substituents is 2. The van der Waals surface area contributed by atoms with Gasteiger partial charge in [-0.1, -0.05) is 97.1 Å². The number of hydrogen-bond acceptors (Lipinski definition) is 10. The van der Waals surface area contributed by atoms with Crippen molar-refractivity contribution in [3.8, 4) is 11.5 Å². The number of phenolic OH excluding ortho intramolecular Hbond substituents is 2. The third-order valence-corrected chi connectivity index (χ3v) is 9.22. The maximum absolute atomic E-state index is 10.9. The van der Waals surface area contributed by atoms with Crippen LogP contribution in [0.1, 0.15) is 34.3 Å². The predicted molar refractivity (Wildman–Crippen MR) is 217 cm³/mol. The first kappa shape index (κ1) is 39.4. The van der Waals surface area contributed by atoms with Crippen molar-refractivity contribution < 1.29 is 37.1 Å². The molecule has 0 aliphatic heterocycles. The van der Waals surface area contributed by atoms with E-state index in [1.54, 1.807) is 36.7 Å². The van der Waals surface area contributed by atoms with Crippen molar-refractivity contribution in [2.45, 2.75) is 12.1 Å². The molecule has 2 unspecified atom stereocenters. The van der Waals surface area contributed by atoms with Gasteiger partial charge >= 0.3 is 0 Å². The molecule has 0 spiro atoms. The van der Waals surface area contributed by atoms with Crippen LogP contribution in [0.2, 0.25) is 0 Å². The smallest absolute Gasteiger partial charge is 0.269 e. The molecule has 0 aliphatic rings. The van der Waals surface area contributed by atoms with Crippen LogP contribution < -0.4 is 10.6 Å². The summed E-state index contributed by atoms with van der Waals surface area (Å²) >= 11 is 0. The minimum Gasteiger partial charge on any atom is -0.505 e. The van der Waals surface area contributed by atoms with Gasteiger partial charge in [0.2, 0.25) is 0 Å². The Kier molecular flexibility index (Phi) is 12.3. The molecule has 2 atom stereocenters. The number of nitrogens with zero attached hydrogens (tertiary/aromatic N) is 4. The fourth-order valence-corrected chi connectivity index (χ4v) is 6.42. The van der Waals surface area contributed by atoms with Gasteiger partial charge in [-0.25, -0.2) is 0 Å². The topological polar surface area (TPSA) is 177 Å². The van der Waals surface area contributed by atoms with E-state index in [0.29, 0.717) is 33.5 Å². The number of rotatable bonds is 10. The van der Waals surface area contributed by atoms with E-state index in [1.807, 2.05) is 109 Å². The Morgan fingerprint density at radius 2 is 0.842 bits per heavy atom. The quantitative estimate of drug-likeness (QED) is 0.0591. The molecule has 0 saturated carbocycles. The molecular formula is C44H34CuN6O6. The van der Waals surface area contributed by atoms with Gasteiger partial charge in [0.1, 0.15) is 22.5 Å². The molecule has 57 heavy (non-hydrogen) atoms. The van der Waals surface area contributed by atoms with Crippen LogP contribution in [-0.4, -0.2) is 30.0 Å². The zero-order valence-electron chi connectivity index (χ0n) is 29.9. The van der Waals surface area contributed by atoms with Gasteiger partial charge in [0, 0.05) is 87.0 Å². The number of nitrogens with one attached hydrogen (secondary N) is 2. The summed E-state index contributed by atoms with van der Waals surface area (Å²) in [4.78, 5) is 29.5. The van der Waals surface area contributed by atoms with E-state index in [2.05, 4.69) is 20.6 Å². The monoisotopic (exact) mass is 805 g/mol. The zero-order valence-corrected chi connectivity index (χ0v) is 30.9. The number of phenols is 2. The predicted octanol–water partition coefficient (Wildman–Crippen LogP) is 10.1. The number of fused-ring (bicyclic) bond motifs is 2. The van der Waals surface area contributed by atoms with Crippen LogP contribution in [-0.2, 0) is 17.1 Å². The molecule has 1 radical (unpaired) electrons. The first-order valence-corrected chi connectivity index (χ1v) is 17.5. The molecule has 13 heteroatoms. The summed E-state index contributed by atoms with van der Waals surface area (Å²) < 4.78 is 0. The van der Waals surface area contributed by atoms with E-state index in [-0.39, 0.29) is 52.0 Å². The normalized spacial score (nSPS) is 11.6. The van der Waals surface area contributed by atoms with E-state index in [9.17, 15) is 30.4 Å². The number of benzene rings is 6. The molecule has 2 heterocycles. The molecule has 12 nitrogen and oxygen atoms in total.